The predicted octanol–water partition coefficient (Wildman–Crippen LogP) is 14.7. The van der Waals surface area contributed by atoms with Crippen LogP contribution in [0.4, 0.5) is 28.4 Å². The van der Waals surface area contributed by atoms with Crippen LogP contribution >= 0.6 is 0 Å². The van der Waals surface area contributed by atoms with Crippen molar-refractivity contribution >= 4 is 57.4 Å². The molecule has 11 rings (SSSR count). The van der Waals surface area contributed by atoms with Gasteiger partial charge in [0.1, 0.15) is 0 Å². The van der Waals surface area contributed by atoms with E-state index in [1.807, 2.05) is 0 Å². The van der Waals surface area contributed by atoms with E-state index in [2.05, 4.69) is 214 Å². The topological polar surface area (TPSA) is 15.3 Å². The first-order valence-corrected chi connectivity index (χ1v) is 23.1. The third kappa shape index (κ3) is 5.83. The maximum atomic E-state index is 4.05. The molecule has 2 aliphatic heterocycles. The Morgan fingerprint density at radius 2 is 1.06 bits per heavy atom. The highest BCUT2D eigenvalue weighted by atomic mass is 15.2. The standard InChI is InChI=1S/C59H60BN2/c1-55(2)27-29-57(5,6)45-34-49(61-39-25-23-37(24-26-39)36-17-12-11-13-18-36)41(32-43(45)55)52-40-20-15-14-19-38(40)31-51-53(52)60-48-22-16-21-42-54(48)62(51)50-35-46-44(33-47(50)59(42,9)10)56(3,4)28-30-58(46,7)8/h11-26,31-35,61H,27-30H2,1-10H3. The average molecular weight is 808 g/mol. The van der Waals surface area contributed by atoms with Crippen LogP contribution in [0.15, 0.2) is 127 Å². The Kier molecular flexibility index (Phi) is 8.40. The summed E-state index contributed by atoms with van der Waals surface area (Å²) in [4.78, 5) is 2.68. The molecule has 4 aliphatic rings. The lowest BCUT2D eigenvalue weighted by Crippen LogP contribution is -2.46. The zero-order valence-corrected chi connectivity index (χ0v) is 38.5. The van der Waals surface area contributed by atoms with Gasteiger partial charge < -0.3 is 10.2 Å². The summed E-state index contributed by atoms with van der Waals surface area (Å²) in [5.74, 6) is 0. The summed E-state index contributed by atoms with van der Waals surface area (Å²) in [6, 6.07) is 48.7. The number of benzene rings is 7. The third-order valence-electron chi connectivity index (χ3n) is 16.0. The number of rotatable bonds is 4. The first-order valence-electron chi connectivity index (χ1n) is 23.1. The molecule has 0 aromatic heterocycles. The van der Waals surface area contributed by atoms with E-state index in [4.69, 9.17) is 0 Å². The lowest BCUT2D eigenvalue weighted by molar-refractivity contribution is 0.331. The molecule has 2 nitrogen and oxygen atoms in total. The van der Waals surface area contributed by atoms with Crippen molar-refractivity contribution in [3.8, 4) is 22.3 Å². The number of nitrogens with one attached hydrogen (secondary N) is 1. The van der Waals surface area contributed by atoms with Crippen molar-refractivity contribution in [3.63, 3.8) is 0 Å². The minimum Gasteiger partial charge on any atom is -0.355 e. The van der Waals surface area contributed by atoms with Gasteiger partial charge in [0.25, 0.3) is 0 Å². The summed E-state index contributed by atoms with van der Waals surface area (Å²) >= 11 is 0. The van der Waals surface area contributed by atoms with E-state index in [1.54, 1.807) is 0 Å². The molecule has 0 unspecified atom stereocenters. The van der Waals surface area contributed by atoms with Crippen LogP contribution in [0.5, 0.6) is 0 Å². The summed E-state index contributed by atoms with van der Waals surface area (Å²) in [5, 5.41) is 6.59. The predicted molar refractivity (Wildman–Crippen MR) is 267 cm³/mol. The first kappa shape index (κ1) is 39.3. The fourth-order valence-electron chi connectivity index (χ4n) is 11.8. The lowest BCUT2D eigenvalue weighted by atomic mass is 9.54. The Morgan fingerprint density at radius 3 is 1.74 bits per heavy atom. The van der Waals surface area contributed by atoms with E-state index >= 15 is 0 Å². The van der Waals surface area contributed by atoms with Crippen LogP contribution in [0.2, 0.25) is 0 Å². The van der Waals surface area contributed by atoms with Crippen LogP contribution in [0, 0.1) is 0 Å². The molecule has 309 valence electrons. The van der Waals surface area contributed by atoms with Gasteiger partial charge in [-0.1, -0.05) is 166 Å². The van der Waals surface area contributed by atoms with E-state index in [9.17, 15) is 0 Å². The van der Waals surface area contributed by atoms with Crippen LogP contribution in [0.3, 0.4) is 0 Å². The monoisotopic (exact) mass is 807 g/mol. The first-order chi connectivity index (χ1) is 29.4. The molecule has 2 aliphatic carbocycles. The largest absolute Gasteiger partial charge is 0.355 e. The molecular formula is C59H60BN2. The molecule has 0 fully saturated rings. The number of hydrogen-bond donors (Lipinski definition) is 1. The van der Waals surface area contributed by atoms with Gasteiger partial charge in [0.15, 0.2) is 7.28 Å². The van der Waals surface area contributed by atoms with Crippen LogP contribution in [0.25, 0.3) is 33.0 Å². The SMILES string of the molecule is CC1(C)CCC(C)(C)c2cc(-c3c4c(cc5ccccc35)N3c5cc6c(cc5C(C)(C)c5cccc(c53)[B]4)C(C)(C)CCC6(C)C)c(Nc3ccc(-c4ccccc4)cc3)cc21. The van der Waals surface area contributed by atoms with E-state index in [-0.39, 0.29) is 27.1 Å². The third-order valence-corrected chi connectivity index (χ3v) is 16.0. The highest BCUT2D eigenvalue weighted by Crippen LogP contribution is 2.57. The van der Waals surface area contributed by atoms with Crippen molar-refractivity contribution in [2.75, 3.05) is 10.2 Å². The fourth-order valence-corrected chi connectivity index (χ4v) is 11.8. The van der Waals surface area contributed by atoms with Gasteiger partial charge in [-0.2, -0.15) is 0 Å². The van der Waals surface area contributed by atoms with Gasteiger partial charge in [-0.15, -0.1) is 0 Å². The molecule has 1 N–H and O–H groups in total. The Hall–Kier alpha value is -5.54. The Morgan fingerprint density at radius 1 is 0.484 bits per heavy atom. The lowest BCUT2D eigenvalue weighted by Gasteiger charge is -2.49. The average Bonchev–Trinajstić information content (AvgIpc) is 3.25. The van der Waals surface area contributed by atoms with Crippen LogP contribution in [-0.4, -0.2) is 7.28 Å². The second-order valence-electron chi connectivity index (χ2n) is 22.2. The smallest absolute Gasteiger partial charge is 0.197 e. The van der Waals surface area contributed by atoms with Gasteiger partial charge in [-0.3, -0.25) is 0 Å². The summed E-state index contributed by atoms with van der Waals surface area (Å²) in [5.41, 5.74) is 22.7. The Labute approximate surface area is 371 Å². The molecule has 0 bridgehead atoms. The van der Waals surface area contributed by atoms with E-state index in [0.29, 0.717) is 0 Å². The minimum absolute atomic E-state index is 0.0440. The highest BCUT2D eigenvalue weighted by molar-refractivity contribution is 6.74. The Balaban J connectivity index is 1.19. The molecular weight excluding hydrogens is 747 g/mol. The van der Waals surface area contributed by atoms with E-state index in [0.717, 1.165) is 24.2 Å². The van der Waals surface area contributed by atoms with Crippen molar-refractivity contribution < 1.29 is 0 Å². The zero-order chi connectivity index (χ0) is 43.1. The van der Waals surface area contributed by atoms with Crippen molar-refractivity contribution in [3.05, 3.63) is 161 Å². The molecule has 0 saturated heterocycles. The molecule has 0 amide bonds. The molecule has 7 aromatic carbocycles. The van der Waals surface area contributed by atoms with Crippen LogP contribution < -0.4 is 21.1 Å². The summed E-state index contributed by atoms with van der Waals surface area (Å²) in [7, 11) is 2.52. The fraction of sp³-hybridized carbons (Fsp3) is 0.322. The maximum Gasteiger partial charge on any atom is 0.197 e. The molecule has 0 spiro atoms. The molecule has 2 heterocycles. The molecule has 7 aromatic rings. The summed E-state index contributed by atoms with van der Waals surface area (Å²) in [6.07, 6.45) is 4.71. The minimum atomic E-state index is -0.168. The maximum absolute atomic E-state index is 4.05. The van der Waals surface area contributed by atoms with Crippen molar-refractivity contribution in [1.29, 1.82) is 0 Å². The van der Waals surface area contributed by atoms with E-state index in [1.165, 1.54) is 107 Å². The van der Waals surface area contributed by atoms with Gasteiger partial charge in [0.05, 0.1) is 5.69 Å². The number of hydrogen-bond acceptors (Lipinski definition) is 2. The molecule has 0 saturated carbocycles. The Bertz CT molecular complexity index is 2980. The number of para-hydroxylation sites is 1. The normalized spacial score (nSPS) is 19.0. The number of nitrogens with zero attached hydrogens (tertiary/aromatic N) is 1. The number of fused-ring (bicyclic) bond motifs is 7. The number of anilines is 5. The van der Waals surface area contributed by atoms with Gasteiger partial charge in [0.2, 0.25) is 0 Å². The van der Waals surface area contributed by atoms with Crippen molar-refractivity contribution in [1.82, 2.24) is 0 Å². The second-order valence-corrected chi connectivity index (χ2v) is 22.2. The van der Waals surface area contributed by atoms with Crippen LogP contribution in [0.1, 0.15) is 128 Å². The zero-order valence-electron chi connectivity index (χ0n) is 38.5. The highest BCUT2D eigenvalue weighted by Gasteiger charge is 2.46. The van der Waals surface area contributed by atoms with Gasteiger partial charge >= 0.3 is 0 Å². The van der Waals surface area contributed by atoms with Gasteiger partial charge in [-0.05, 0) is 150 Å². The quantitative estimate of drug-likeness (QED) is 0.178. The van der Waals surface area contributed by atoms with Crippen molar-refractivity contribution in [2.45, 2.75) is 122 Å². The van der Waals surface area contributed by atoms with Gasteiger partial charge in [0, 0.05) is 33.7 Å². The summed E-state index contributed by atoms with van der Waals surface area (Å²) in [6.45, 7) is 24.6. The molecule has 3 heteroatoms. The molecule has 1 radical (unpaired) electrons. The van der Waals surface area contributed by atoms with Crippen molar-refractivity contribution in [2.24, 2.45) is 0 Å². The molecule has 0 atom stereocenters. The second kappa shape index (κ2) is 13.2. The van der Waals surface area contributed by atoms with Crippen LogP contribution in [-0.2, 0) is 27.1 Å². The van der Waals surface area contributed by atoms with Gasteiger partial charge in [-0.25, -0.2) is 0 Å². The van der Waals surface area contributed by atoms with E-state index < -0.39 is 0 Å². The summed E-state index contributed by atoms with van der Waals surface area (Å²) < 4.78 is 0. The molecule has 62 heavy (non-hydrogen) atoms.